The summed E-state index contributed by atoms with van der Waals surface area (Å²) in [5.74, 6) is -0.913. The fourth-order valence-electron chi connectivity index (χ4n) is 1.36. The molecule has 1 saturated heterocycles. The molecule has 0 saturated carbocycles. The standard InChI is InChI=1S/C7H14N2O2.ClH/c8-6(7(10)11)5-3-1-2-4-9-5;/h5-6,9H,1-4,8H2,(H,10,11);1H. The van der Waals surface area contributed by atoms with E-state index >= 15 is 0 Å². The zero-order chi connectivity index (χ0) is 8.27. The maximum absolute atomic E-state index is 10.4. The third-order valence-corrected chi connectivity index (χ3v) is 2.07. The molecule has 1 rings (SSSR count). The minimum absolute atomic E-state index is 0. The van der Waals surface area contributed by atoms with E-state index < -0.39 is 12.0 Å². The largest absolute Gasteiger partial charge is 0.480 e. The Bertz CT molecular complexity index is 148. The van der Waals surface area contributed by atoms with Gasteiger partial charge >= 0.3 is 5.97 Å². The highest BCUT2D eigenvalue weighted by Gasteiger charge is 2.24. The third-order valence-electron chi connectivity index (χ3n) is 2.07. The molecule has 1 aliphatic heterocycles. The lowest BCUT2D eigenvalue weighted by atomic mass is 9.99. The van der Waals surface area contributed by atoms with Gasteiger partial charge in [0.25, 0.3) is 0 Å². The maximum Gasteiger partial charge on any atom is 0.322 e. The summed E-state index contributed by atoms with van der Waals surface area (Å²) in [4.78, 5) is 10.4. The zero-order valence-corrected chi connectivity index (χ0v) is 7.64. The summed E-state index contributed by atoms with van der Waals surface area (Å²) in [5, 5.41) is 11.7. The highest BCUT2D eigenvalue weighted by atomic mass is 35.5. The van der Waals surface area contributed by atoms with E-state index in [1.165, 1.54) is 0 Å². The second kappa shape index (κ2) is 5.35. The normalized spacial score (nSPS) is 25.6. The number of nitrogens with two attached hydrogens (primary N) is 1. The lowest BCUT2D eigenvalue weighted by Crippen LogP contribution is -2.51. The van der Waals surface area contributed by atoms with Gasteiger partial charge in [0.15, 0.2) is 0 Å². The number of piperidine rings is 1. The molecule has 5 heteroatoms. The fraction of sp³-hybridized carbons (Fsp3) is 0.857. The van der Waals surface area contributed by atoms with Crippen LogP contribution in [0.2, 0.25) is 0 Å². The topological polar surface area (TPSA) is 75.4 Å². The van der Waals surface area contributed by atoms with Crippen molar-refractivity contribution >= 4 is 18.4 Å². The van der Waals surface area contributed by atoms with E-state index in [2.05, 4.69) is 5.32 Å². The van der Waals surface area contributed by atoms with Crippen LogP contribution < -0.4 is 11.1 Å². The SMILES string of the molecule is Cl.NC(C(=O)O)C1CCCCN1. The van der Waals surface area contributed by atoms with Crippen LogP contribution in [0.25, 0.3) is 0 Å². The first-order valence-corrected chi connectivity index (χ1v) is 3.93. The van der Waals surface area contributed by atoms with Gasteiger partial charge in [-0.3, -0.25) is 4.79 Å². The minimum atomic E-state index is -0.913. The van der Waals surface area contributed by atoms with Gasteiger partial charge in [-0.1, -0.05) is 6.42 Å². The number of carboxylic acids is 1. The number of carboxylic acid groups (broad SMARTS) is 1. The Hall–Kier alpha value is -0.320. The molecule has 0 aromatic rings. The molecule has 0 spiro atoms. The molecule has 1 fully saturated rings. The van der Waals surface area contributed by atoms with Crippen molar-refractivity contribution in [3.63, 3.8) is 0 Å². The average Bonchev–Trinajstić information content (AvgIpc) is 2.05. The Labute approximate surface area is 77.9 Å². The summed E-state index contributed by atoms with van der Waals surface area (Å²) >= 11 is 0. The molecule has 0 aliphatic carbocycles. The summed E-state index contributed by atoms with van der Waals surface area (Å²) in [6, 6.07) is -0.767. The minimum Gasteiger partial charge on any atom is -0.480 e. The Kier molecular flexibility index (Phi) is 5.20. The summed E-state index contributed by atoms with van der Waals surface area (Å²) < 4.78 is 0. The third kappa shape index (κ3) is 2.97. The van der Waals surface area contributed by atoms with Gasteiger partial charge in [0.1, 0.15) is 6.04 Å². The molecular weight excluding hydrogens is 180 g/mol. The van der Waals surface area contributed by atoms with Gasteiger partial charge in [-0.25, -0.2) is 0 Å². The van der Waals surface area contributed by atoms with Crippen molar-refractivity contribution in [1.29, 1.82) is 0 Å². The first kappa shape index (κ1) is 11.7. The molecule has 0 amide bonds. The molecule has 4 N–H and O–H groups in total. The predicted molar refractivity (Wildman–Crippen MR) is 48.5 cm³/mol. The van der Waals surface area contributed by atoms with Crippen LogP contribution in [0, 0.1) is 0 Å². The molecule has 4 nitrogen and oxygen atoms in total. The molecule has 0 aromatic carbocycles. The zero-order valence-electron chi connectivity index (χ0n) is 6.82. The van der Waals surface area contributed by atoms with Gasteiger partial charge in [0.2, 0.25) is 0 Å². The van der Waals surface area contributed by atoms with E-state index in [0.717, 1.165) is 25.8 Å². The van der Waals surface area contributed by atoms with Crippen LogP contribution >= 0.6 is 12.4 Å². The smallest absolute Gasteiger partial charge is 0.322 e. The van der Waals surface area contributed by atoms with E-state index in [-0.39, 0.29) is 18.4 Å². The van der Waals surface area contributed by atoms with Crippen LogP contribution in [0.3, 0.4) is 0 Å². The highest BCUT2D eigenvalue weighted by molar-refractivity contribution is 5.85. The predicted octanol–water partition coefficient (Wildman–Crippen LogP) is -0.0378. The molecule has 0 bridgehead atoms. The Morgan fingerprint density at radius 1 is 1.58 bits per heavy atom. The van der Waals surface area contributed by atoms with Crippen LogP contribution in [0.5, 0.6) is 0 Å². The second-order valence-electron chi connectivity index (χ2n) is 2.92. The van der Waals surface area contributed by atoms with Gasteiger partial charge in [0.05, 0.1) is 0 Å². The van der Waals surface area contributed by atoms with Crippen molar-refractivity contribution in [2.45, 2.75) is 31.3 Å². The van der Waals surface area contributed by atoms with E-state index in [4.69, 9.17) is 10.8 Å². The van der Waals surface area contributed by atoms with Crippen LogP contribution in [0.4, 0.5) is 0 Å². The van der Waals surface area contributed by atoms with E-state index in [1.807, 2.05) is 0 Å². The van der Waals surface area contributed by atoms with Crippen molar-refractivity contribution in [1.82, 2.24) is 5.32 Å². The molecule has 0 radical (unpaired) electrons. The van der Waals surface area contributed by atoms with Gasteiger partial charge in [-0.15, -0.1) is 12.4 Å². The lowest BCUT2D eigenvalue weighted by Gasteiger charge is -2.26. The molecule has 12 heavy (non-hydrogen) atoms. The quantitative estimate of drug-likeness (QED) is 0.577. The molecule has 1 aliphatic rings. The number of hydrogen-bond donors (Lipinski definition) is 3. The summed E-state index contributed by atoms with van der Waals surface area (Å²) in [5.41, 5.74) is 5.43. The van der Waals surface area contributed by atoms with E-state index in [1.54, 1.807) is 0 Å². The number of nitrogens with one attached hydrogen (secondary N) is 1. The van der Waals surface area contributed by atoms with Crippen molar-refractivity contribution in [3.8, 4) is 0 Å². The highest BCUT2D eigenvalue weighted by Crippen LogP contribution is 2.08. The van der Waals surface area contributed by atoms with Crippen molar-refractivity contribution in [2.75, 3.05) is 6.54 Å². The number of rotatable bonds is 2. The van der Waals surface area contributed by atoms with Crippen LogP contribution in [0.15, 0.2) is 0 Å². The van der Waals surface area contributed by atoms with E-state index in [0.29, 0.717) is 0 Å². The number of halogens is 1. The van der Waals surface area contributed by atoms with E-state index in [9.17, 15) is 4.79 Å². The molecule has 0 aromatic heterocycles. The van der Waals surface area contributed by atoms with Crippen molar-refractivity contribution in [2.24, 2.45) is 5.73 Å². The Morgan fingerprint density at radius 2 is 2.25 bits per heavy atom. The molecule has 2 atom stereocenters. The maximum atomic E-state index is 10.4. The first-order chi connectivity index (χ1) is 5.22. The fourth-order valence-corrected chi connectivity index (χ4v) is 1.36. The second-order valence-corrected chi connectivity index (χ2v) is 2.92. The van der Waals surface area contributed by atoms with Crippen LogP contribution in [-0.2, 0) is 4.79 Å². The van der Waals surface area contributed by atoms with Gasteiger partial charge in [0, 0.05) is 6.04 Å². The number of aliphatic carboxylic acids is 1. The molecule has 2 unspecified atom stereocenters. The summed E-state index contributed by atoms with van der Waals surface area (Å²) in [7, 11) is 0. The number of hydrogen-bond acceptors (Lipinski definition) is 3. The van der Waals surface area contributed by atoms with Gasteiger partial charge < -0.3 is 16.2 Å². The Balaban J connectivity index is 0.00000121. The first-order valence-electron chi connectivity index (χ1n) is 3.93. The van der Waals surface area contributed by atoms with Crippen LogP contribution in [0.1, 0.15) is 19.3 Å². The summed E-state index contributed by atoms with van der Waals surface area (Å²) in [6.07, 6.45) is 3.09. The monoisotopic (exact) mass is 194 g/mol. The van der Waals surface area contributed by atoms with Crippen molar-refractivity contribution < 1.29 is 9.90 Å². The van der Waals surface area contributed by atoms with Gasteiger partial charge in [-0.2, -0.15) is 0 Å². The summed E-state index contributed by atoms with van der Waals surface area (Å²) in [6.45, 7) is 0.894. The van der Waals surface area contributed by atoms with Crippen LogP contribution in [-0.4, -0.2) is 29.7 Å². The molecule has 1 heterocycles. The number of carbonyl (C=O) groups is 1. The lowest BCUT2D eigenvalue weighted by molar-refractivity contribution is -0.139. The Morgan fingerprint density at radius 3 is 2.67 bits per heavy atom. The van der Waals surface area contributed by atoms with Gasteiger partial charge in [-0.05, 0) is 19.4 Å². The van der Waals surface area contributed by atoms with Crippen molar-refractivity contribution in [3.05, 3.63) is 0 Å². The molecule has 72 valence electrons. The molecular formula is C7H15ClN2O2. The average molecular weight is 195 g/mol.